The first kappa shape index (κ1) is 13.0. The van der Waals surface area contributed by atoms with E-state index in [4.69, 9.17) is 0 Å². The predicted molar refractivity (Wildman–Crippen MR) is 75.6 cm³/mol. The van der Waals surface area contributed by atoms with Gasteiger partial charge in [0.05, 0.1) is 0 Å². The quantitative estimate of drug-likeness (QED) is 0.804. The van der Waals surface area contributed by atoms with Crippen molar-refractivity contribution >= 4 is 11.9 Å². The summed E-state index contributed by atoms with van der Waals surface area (Å²) in [4.78, 5) is 31.5. The second-order valence-corrected chi connectivity index (χ2v) is 4.50. The predicted octanol–water partition coefficient (Wildman–Crippen LogP) is 1.74. The third-order valence-corrected chi connectivity index (χ3v) is 2.86. The molecule has 98 valence electrons. The number of nitrogens with zero attached hydrogens (tertiary/aromatic N) is 1. The fourth-order valence-corrected chi connectivity index (χ4v) is 1.85. The highest BCUT2D eigenvalue weighted by Gasteiger charge is 2.03. The van der Waals surface area contributed by atoms with Crippen LogP contribution in [0.4, 0.5) is 5.69 Å². The molecule has 0 bridgehead atoms. The Morgan fingerprint density at radius 2 is 1.84 bits per heavy atom. The van der Waals surface area contributed by atoms with Crippen LogP contribution in [0.3, 0.4) is 0 Å². The molecule has 1 aromatic carbocycles. The number of hydrogen-bond acceptors (Lipinski definition) is 3. The van der Waals surface area contributed by atoms with Gasteiger partial charge in [-0.3, -0.25) is 9.78 Å². The Kier molecular flexibility index (Phi) is 3.46. The number of rotatable bonds is 2. The molecule has 0 aliphatic heterocycles. The molecule has 0 saturated heterocycles. The molecule has 1 heterocycles. The average molecular weight is 257 g/mol. The highest BCUT2D eigenvalue weighted by atomic mass is 16.2. The van der Waals surface area contributed by atoms with Gasteiger partial charge >= 0.3 is 5.69 Å². The van der Waals surface area contributed by atoms with Crippen LogP contribution in [0.25, 0.3) is 0 Å². The molecule has 0 saturated carbocycles. The van der Waals surface area contributed by atoms with Gasteiger partial charge in [-0.25, -0.2) is 9.79 Å². The molecule has 5 nitrogen and oxygen atoms in total. The van der Waals surface area contributed by atoms with Crippen molar-refractivity contribution in [2.24, 2.45) is 4.99 Å². The van der Waals surface area contributed by atoms with Gasteiger partial charge in [0.1, 0.15) is 5.69 Å². The summed E-state index contributed by atoms with van der Waals surface area (Å²) in [5.41, 5.74) is 2.87. The van der Waals surface area contributed by atoms with E-state index >= 15 is 0 Å². The normalized spacial score (nSPS) is 11.1. The average Bonchev–Trinajstić information content (AvgIpc) is 2.30. The van der Waals surface area contributed by atoms with Crippen molar-refractivity contribution < 1.29 is 0 Å². The van der Waals surface area contributed by atoms with Crippen LogP contribution in [-0.2, 0) is 0 Å². The van der Waals surface area contributed by atoms with Crippen LogP contribution in [0.5, 0.6) is 0 Å². The van der Waals surface area contributed by atoms with Crippen molar-refractivity contribution in [2.45, 2.75) is 20.8 Å². The Balaban J connectivity index is 2.44. The van der Waals surface area contributed by atoms with E-state index in [1.54, 1.807) is 13.1 Å². The number of aromatic nitrogens is 2. The molecule has 0 radical (unpaired) electrons. The minimum absolute atomic E-state index is 0.222. The van der Waals surface area contributed by atoms with E-state index in [-0.39, 0.29) is 5.69 Å². The van der Waals surface area contributed by atoms with Crippen molar-refractivity contribution in [3.63, 3.8) is 0 Å². The number of benzene rings is 1. The summed E-state index contributed by atoms with van der Waals surface area (Å²) in [5.74, 6) is 0. The standard InChI is InChI=1S/C14H15N3O2/c1-8-4-5-11(9(2)6-8)7-15-12-10(3)16-14(19)17-13(12)18/h4-7H,1-3H3,(H2,16,17,18,19)/b15-7+. The fourth-order valence-electron chi connectivity index (χ4n) is 1.85. The van der Waals surface area contributed by atoms with E-state index in [1.807, 2.05) is 32.0 Å². The molecule has 5 heteroatoms. The van der Waals surface area contributed by atoms with Gasteiger partial charge in [-0.05, 0) is 31.9 Å². The minimum Gasteiger partial charge on any atom is -0.309 e. The molecule has 0 unspecified atom stereocenters. The van der Waals surface area contributed by atoms with Crippen LogP contribution in [0.2, 0.25) is 0 Å². The summed E-state index contributed by atoms with van der Waals surface area (Å²) >= 11 is 0. The molecular formula is C14H15N3O2. The van der Waals surface area contributed by atoms with Gasteiger partial charge < -0.3 is 4.98 Å². The zero-order chi connectivity index (χ0) is 14.0. The molecule has 0 amide bonds. The number of aryl methyl sites for hydroxylation is 3. The highest BCUT2D eigenvalue weighted by Crippen LogP contribution is 2.11. The minimum atomic E-state index is -0.520. The first-order chi connectivity index (χ1) is 8.97. The number of aliphatic imine (C=N–C) groups is 1. The summed E-state index contributed by atoms with van der Waals surface area (Å²) in [6.07, 6.45) is 1.63. The molecule has 19 heavy (non-hydrogen) atoms. The van der Waals surface area contributed by atoms with Gasteiger partial charge in [0, 0.05) is 11.9 Å². The second-order valence-electron chi connectivity index (χ2n) is 4.50. The van der Waals surface area contributed by atoms with E-state index < -0.39 is 11.2 Å². The summed E-state index contributed by atoms with van der Waals surface area (Å²) in [5, 5.41) is 0. The third kappa shape index (κ3) is 2.88. The van der Waals surface area contributed by atoms with Crippen molar-refractivity contribution in [3.8, 4) is 0 Å². The summed E-state index contributed by atoms with van der Waals surface area (Å²) in [6.45, 7) is 5.65. The van der Waals surface area contributed by atoms with Crippen molar-refractivity contribution in [3.05, 3.63) is 61.4 Å². The SMILES string of the molecule is Cc1ccc(/C=N/c2c(C)[nH]c(=O)[nH]c2=O)c(C)c1. The first-order valence-electron chi connectivity index (χ1n) is 5.92. The summed E-state index contributed by atoms with van der Waals surface area (Å²) < 4.78 is 0. The van der Waals surface area contributed by atoms with E-state index in [0.29, 0.717) is 5.69 Å². The fraction of sp³-hybridized carbons (Fsp3) is 0.214. The van der Waals surface area contributed by atoms with Crippen molar-refractivity contribution in [1.82, 2.24) is 9.97 Å². The Morgan fingerprint density at radius 3 is 2.47 bits per heavy atom. The van der Waals surface area contributed by atoms with Crippen LogP contribution in [0, 0.1) is 20.8 Å². The summed E-state index contributed by atoms with van der Waals surface area (Å²) in [7, 11) is 0. The lowest BCUT2D eigenvalue weighted by Crippen LogP contribution is -2.22. The van der Waals surface area contributed by atoms with Gasteiger partial charge in [0.15, 0.2) is 0 Å². The van der Waals surface area contributed by atoms with Gasteiger partial charge in [-0.1, -0.05) is 23.8 Å². The molecule has 0 aliphatic carbocycles. The molecular weight excluding hydrogens is 242 g/mol. The van der Waals surface area contributed by atoms with Crippen molar-refractivity contribution in [1.29, 1.82) is 0 Å². The van der Waals surface area contributed by atoms with E-state index in [1.165, 1.54) is 5.56 Å². The van der Waals surface area contributed by atoms with Crippen LogP contribution >= 0.6 is 0 Å². The summed E-state index contributed by atoms with van der Waals surface area (Å²) in [6, 6.07) is 5.98. The molecule has 0 spiro atoms. The molecule has 0 fully saturated rings. The monoisotopic (exact) mass is 257 g/mol. The topological polar surface area (TPSA) is 78.1 Å². The number of aromatic amines is 2. The highest BCUT2D eigenvalue weighted by molar-refractivity contribution is 5.83. The van der Waals surface area contributed by atoms with E-state index in [9.17, 15) is 9.59 Å². The Labute approximate surface area is 110 Å². The lowest BCUT2D eigenvalue weighted by atomic mass is 10.1. The zero-order valence-electron chi connectivity index (χ0n) is 11.1. The molecule has 0 atom stereocenters. The zero-order valence-corrected chi connectivity index (χ0v) is 11.1. The Bertz CT molecular complexity index is 754. The largest absolute Gasteiger partial charge is 0.326 e. The van der Waals surface area contributed by atoms with Gasteiger partial charge in [-0.2, -0.15) is 0 Å². The maximum absolute atomic E-state index is 11.6. The molecule has 2 N–H and O–H groups in total. The third-order valence-electron chi connectivity index (χ3n) is 2.86. The maximum atomic E-state index is 11.6. The lowest BCUT2D eigenvalue weighted by Gasteiger charge is -2.01. The number of hydrogen-bond donors (Lipinski definition) is 2. The second kappa shape index (κ2) is 5.06. The van der Waals surface area contributed by atoms with Crippen LogP contribution in [0.15, 0.2) is 32.8 Å². The lowest BCUT2D eigenvalue weighted by molar-refractivity contribution is 0.991. The van der Waals surface area contributed by atoms with Gasteiger partial charge in [-0.15, -0.1) is 0 Å². The van der Waals surface area contributed by atoms with Crippen molar-refractivity contribution in [2.75, 3.05) is 0 Å². The van der Waals surface area contributed by atoms with Gasteiger partial charge in [0.2, 0.25) is 0 Å². The first-order valence-corrected chi connectivity index (χ1v) is 5.92. The van der Waals surface area contributed by atoms with E-state index in [2.05, 4.69) is 15.0 Å². The van der Waals surface area contributed by atoms with Gasteiger partial charge in [0.25, 0.3) is 5.56 Å². The Hall–Kier alpha value is -2.43. The van der Waals surface area contributed by atoms with Crippen LogP contribution < -0.4 is 11.2 Å². The van der Waals surface area contributed by atoms with E-state index in [0.717, 1.165) is 11.1 Å². The molecule has 2 rings (SSSR count). The smallest absolute Gasteiger partial charge is 0.309 e. The Morgan fingerprint density at radius 1 is 1.11 bits per heavy atom. The maximum Gasteiger partial charge on any atom is 0.326 e. The van der Waals surface area contributed by atoms with Crippen LogP contribution in [0.1, 0.15) is 22.4 Å². The molecule has 0 aliphatic rings. The molecule has 2 aromatic rings. The number of nitrogens with one attached hydrogen (secondary N) is 2. The van der Waals surface area contributed by atoms with Crippen LogP contribution in [-0.4, -0.2) is 16.2 Å². The number of H-pyrrole nitrogens is 2. The molecule has 1 aromatic heterocycles.